The van der Waals surface area contributed by atoms with Gasteiger partial charge in [-0.05, 0) is 35.9 Å². The minimum Gasteiger partial charge on any atom is -0.440 e. The van der Waals surface area contributed by atoms with Crippen LogP contribution in [0.3, 0.4) is 0 Å². The molecule has 0 fully saturated rings. The highest BCUT2D eigenvalue weighted by Crippen LogP contribution is 2.18. The van der Waals surface area contributed by atoms with E-state index in [0.717, 1.165) is 5.69 Å². The molecular weight excluding hydrogens is 226 g/mol. The summed E-state index contributed by atoms with van der Waals surface area (Å²) in [5.41, 5.74) is 0.806. The number of anilines is 1. The third kappa shape index (κ3) is 2.09. The molecule has 0 saturated carbocycles. The summed E-state index contributed by atoms with van der Waals surface area (Å²) in [5, 5.41) is 0.213. The number of para-hydroxylation sites is 1. The van der Waals surface area contributed by atoms with Gasteiger partial charge in [-0.15, -0.1) is 0 Å². The lowest BCUT2D eigenvalue weighted by atomic mass is 10.3. The zero-order chi connectivity index (χ0) is 11.5. The number of hydrogen-bond acceptors (Lipinski definition) is 2. The molecule has 0 atom stereocenters. The Bertz CT molecular complexity index is 493. The van der Waals surface area contributed by atoms with Gasteiger partial charge in [0.2, 0.25) is 0 Å². The van der Waals surface area contributed by atoms with Crippen molar-refractivity contribution in [2.75, 3.05) is 11.9 Å². The molecule has 1 aromatic heterocycles. The van der Waals surface area contributed by atoms with Crippen LogP contribution in [-0.4, -0.2) is 13.0 Å². The summed E-state index contributed by atoms with van der Waals surface area (Å²) >= 11 is 5.62. The Labute approximate surface area is 98.2 Å². The van der Waals surface area contributed by atoms with Gasteiger partial charge in [0.25, 0.3) is 5.91 Å². The van der Waals surface area contributed by atoms with Crippen molar-refractivity contribution in [1.29, 1.82) is 0 Å². The van der Waals surface area contributed by atoms with Crippen LogP contribution in [-0.2, 0) is 0 Å². The molecule has 16 heavy (non-hydrogen) atoms. The monoisotopic (exact) mass is 235 g/mol. The number of rotatable bonds is 2. The van der Waals surface area contributed by atoms with Crippen LogP contribution >= 0.6 is 11.6 Å². The molecule has 0 unspecified atom stereocenters. The van der Waals surface area contributed by atoms with Gasteiger partial charge in [0.1, 0.15) is 0 Å². The molecule has 3 nitrogen and oxygen atoms in total. The van der Waals surface area contributed by atoms with Gasteiger partial charge >= 0.3 is 0 Å². The van der Waals surface area contributed by atoms with E-state index >= 15 is 0 Å². The minimum atomic E-state index is -0.224. The Hall–Kier alpha value is -1.74. The molecule has 1 aromatic carbocycles. The van der Waals surface area contributed by atoms with Crippen molar-refractivity contribution in [2.24, 2.45) is 0 Å². The van der Waals surface area contributed by atoms with Gasteiger partial charge in [0.15, 0.2) is 11.0 Å². The molecule has 1 heterocycles. The van der Waals surface area contributed by atoms with E-state index in [-0.39, 0.29) is 16.9 Å². The molecule has 0 aliphatic rings. The highest BCUT2D eigenvalue weighted by atomic mass is 35.5. The standard InChI is InChI=1S/C12H10ClNO2/c1-14(9-5-3-2-4-6-9)12(15)10-7-8-11(13)16-10/h2-8H,1H3. The number of furan rings is 1. The topological polar surface area (TPSA) is 33.5 Å². The number of carbonyl (C=O) groups excluding carboxylic acids is 1. The summed E-state index contributed by atoms with van der Waals surface area (Å²) in [5.74, 6) is 0.00875. The lowest BCUT2D eigenvalue weighted by molar-refractivity contribution is 0.0966. The van der Waals surface area contributed by atoms with E-state index < -0.39 is 0 Å². The second-order valence-corrected chi connectivity index (χ2v) is 3.68. The average Bonchev–Trinajstić information content (AvgIpc) is 2.75. The molecule has 0 radical (unpaired) electrons. The van der Waals surface area contributed by atoms with Crippen LogP contribution in [0.25, 0.3) is 0 Å². The van der Waals surface area contributed by atoms with Crippen LogP contribution in [0.5, 0.6) is 0 Å². The first-order chi connectivity index (χ1) is 7.68. The fourth-order valence-electron chi connectivity index (χ4n) is 1.36. The van der Waals surface area contributed by atoms with Gasteiger partial charge in [-0.1, -0.05) is 18.2 Å². The first-order valence-corrected chi connectivity index (χ1v) is 5.15. The summed E-state index contributed by atoms with van der Waals surface area (Å²) in [4.78, 5) is 13.4. The first-order valence-electron chi connectivity index (χ1n) is 4.77. The Kier molecular flexibility index (Phi) is 2.97. The smallest absolute Gasteiger partial charge is 0.293 e. The molecule has 0 N–H and O–H groups in total. The Morgan fingerprint density at radius 3 is 2.44 bits per heavy atom. The molecular formula is C12H10ClNO2. The molecule has 2 rings (SSSR count). The number of nitrogens with zero attached hydrogens (tertiary/aromatic N) is 1. The van der Waals surface area contributed by atoms with Crippen molar-refractivity contribution in [1.82, 2.24) is 0 Å². The zero-order valence-corrected chi connectivity index (χ0v) is 9.44. The van der Waals surface area contributed by atoms with Crippen LogP contribution in [0.4, 0.5) is 5.69 Å². The van der Waals surface area contributed by atoms with Gasteiger partial charge in [-0.2, -0.15) is 0 Å². The second-order valence-electron chi connectivity index (χ2n) is 3.30. The van der Waals surface area contributed by atoms with E-state index in [2.05, 4.69) is 0 Å². The lowest BCUT2D eigenvalue weighted by Gasteiger charge is -2.15. The minimum absolute atomic E-state index is 0.213. The summed E-state index contributed by atoms with van der Waals surface area (Å²) in [6.45, 7) is 0. The Morgan fingerprint density at radius 1 is 1.19 bits per heavy atom. The van der Waals surface area contributed by atoms with Crippen LogP contribution in [0.2, 0.25) is 5.22 Å². The van der Waals surface area contributed by atoms with Crippen LogP contribution in [0.1, 0.15) is 10.6 Å². The summed E-state index contributed by atoms with van der Waals surface area (Å²) in [6, 6.07) is 12.4. The average molecular weight is 236 g/mol. The largest absolute Gasteiger partial charge is 0.440 e. The van der Waals surface area contributed by atoms with Crippen LogP contribution < -0.4 is 4.90 Å². The van der Waals surface area contributed by atoms with E-state index in [1.54, 1.807) is 19.2 Å². The lowest BCUT2D eigenvalue weighted by Crippen LogP contribution is -2.25. The van der Waals surface area contributed by atoms with E-state index in [1.165, 1.54) is 4.90 Å². The van der Waals surface area contributed by atoms with Crippen LogP contribution in [0.15, 0.2) is 46.9 Å². The van der Waals surface area contributed by atoms with Crippen molar-refractivity contribution in [3.05, 3.63) is 53.4 Å². The zero-order valence-electron chi connectivity index (χ0n) is 8.68. The van der Waals surface area contributed by atoms with E-state index in [1.807, 2.05) is 30.3 Å². The maximum atomic E-state index is 11.9. The van der Waals surface area contributed by atoms with Gasteiger partial charge in [-0.25, -0.2) is 0 Å². The molecule has 4 heteroatoms. The third-order valence-corrected chi connectivity index (χ3v) is 2.44. The van der Waals surface area contributed by atoms with Gasteiger partial charge < -0.3 is 9.32 Å². The van der Waals surface area contributed by atoms with Crippen molar-refractivity contribution in [3.8, 4) is 0 Å². The molecule has 0 aliphatic carbocycles. The molecule has 0 aliphatic heterocycles. The summed E-state index contributed by atoms with van der Waals surface area (Å²) in [7, 11) is 1.69. The van der Waals surface area contributed by atoms with Crippen molar-refractivity contribution in [2.45, 2.75) is 0 Å². The number of benzene rings is 1. The molecule has 82 valence electrons. The highest BCUT2D eigenvalue weighted by molar-refractivity contribution is 6.29. The van der Waals surface area contributed by atoms with Crippen LogP contribution in [0, 0.1) is 0 Å². The number of amides is 1. The number of halogens is 1. The van der Waals surface area contributed by atoms with Gasteiger partial charge in [-0.3, -0.25) is 4.79 Å². The van der Waals surface area contributed by atoms with E-state index in [4.69, 9.17) is 16.0 Å². The van der Waals surface area contributed by atoms with Crippen molar-refractivity contribution < 1.29 is 9.21 Å². The Morgan fingerprint density at radius 2 is 1.88 bits per heavy atom. The molecule has 1 amide bonds. The fourth-order valence-corrected chi connectivity index (χ4v) is 1.51. The molecule has 2 aromatic rings. The van der Waals surface area contributed by atoms with E-state index in [9.17, 15) is 4.79 Å². The molecule has 0 bridgehead atoms. The predicted molar refractivity (Wildman–Crippen MR) is 62.9 cm³/mol. The third-order valence-electron chi connectivity index (χ3n) is 2.23. The summed E-state index contributed by atoms with van der Waals surface area (Å²) < 4.78 is 5.06. The maximum Gasteiger partial charge on any atom is 0.293 e. The maximum absolute atomic E-state index is 11.9. The van der Waals surface area contributed by atoms with Crippen molar-refractivity contribution in [3.63, 3.8) is 0 Å². The predicted octanol–water partition coefficient (Wildman–Crippen LogP) is 3.21. The molecule has 0 spiro atoms. The first kappa shape index (κ1) is 10.8. The molecule has 0 saturated heterocycles. The van der Waals surface area contributed by atoms with Crippen molar-refractivity contribution >= 4 is 23.2 Å². The normalized spacial score (nSPS) is 10.1. The number of carbonyl (C=O) groups is 1. The Balaban J connectivity index is 2.23. The SMILES string of the molecule is CN(C(=O)c1ccc(Cl)o1)c1ccccc1. The number of hydrogen-bond donors (Lipinski definition) is 0. The second kappa shape index (κ2) is 4.41. The van der Waals surface area contributed by atoms with Gasteiger partial charge in [0, 0.05) is 12.7 Å². The highest BCUT2D eigenvalue weighted by Gasteiger charge is 2.16. The van der Waals surface area contributed by atoms with E-state index in [0.29, 0.717) is 0 Å². The fraction of sp³-hybridized carbons (Fsp3) is 0.0833. The summed E-state index contributed by atoms with van der Waals surface area (Å²) in [6.07, 6.45) is 0. The van der Waals surface area contributed by atoms with Gasteiger partial charge in [0.05, 0.1) is 0 Å². The quantitative estimate of drug-likeness (QED) is 0.801.